The molecule has 3 N–H and O–H groups in total. The van der Waals surface area contributed by atoms with Crippen LogP contribution in [0.4, 0.5) is 4.79 Å². The second kappa shape index (κ2) is 5.54. The number of nitrogens with one attached hydrogen (secondary N) is 1. The number of methoxy groups -OCH3 is 1. The van der Waals surface area contributed by atoms with E-state index in [0.29, 0.717) is 26.2 Å². The van der Waals surface area contributed by atoms with Crippen LogP contribution < -0.4 is 5.73 Å². The van der Waals surface area contributed by atoms with Crippen molar-refractivity contribution in [3.8, 4) is 0 Å². The van der Waals surface area contributed by atoms with Crippen molar-refractivity contribution in [3.05, 3.63) is 0 Å². The van der Waals surface area contributed by atoms with Crippen molar-refractivity contribution in [3.63, 3.8) is 0 Å². The molecule has 1 rings (SSSR count). The number of hydrogen-bond acceptors (Lipinski definition) is 3. The summed E-state index contributed by atoms with van der Waals surface area (Å²) in [4.78, 5) is 14.4. The number of ether oxygens (including phenoxy) is 1. The molecule has 6 nitrogen and oxygen atoms in total. The molecule has 1 aliphatic rings. The third kappa shape index (κ3) is 2.95. The molecule has 0 aromatic carbocycles. The van der Waals surface area contributed by atoms with Gasteiger partial charge in [-0.15, -0.1) is 12.4 Å². The molecule has 1 fully saturated rings. The van der Waals surface area contributed by atoms with E-state index in [2.05, 4.69) is 4.74 Å². The molecular formula is C7H15ClN4O2. The second-order valence-corrected chi connectivity index (χ2v) is 2.83. The Hall–Kier alpha value is -1.17. The summed E-state index contributed by atoms with van der Waals surface area (Å²) in [5.74, 6) is 0.0597. The van der Waals surface area contributed by atoms with Gasteiger partial charge < -0.3 is 20.3 Å². The smallest absolute Gasteiger partial charge is 0.409 e. The Morgan fingerprint density at radius 2 is 1.71 bits per heavy atom. The van der Waals surface area contributed by atoms with E-state index in [0.717, 1.165) is 0 Å². The zero-order valence-corrected chi connectivity index (χ0v) is 8.84. The van der Waals surface area contributed by atoms with E-state index in [4.69, 9.17) is 11.1 Å². The molecule has 7 heteroatoms. The fourth-order valence-electron chi connectivity index (χ4n) is 1.26. The van der Waals surface area contributed by atoms with Crippen molar-refractivity contribution in [2.45, 2.75) is 0 Å². The Labute approximate surface area is 88.9 Å². The van der Waals surface area contributed by atoms with Gasteiger partial charge >= 0.3 is 6.09 Å². The van der Waals surface area contributed by atoms with Crippen LogP contribution in [0.5, 0.6) is 0 Å². The predicted octanol–water partition coefficient (Wildman–Crippen LogP) is -0.314. The summed E-state index contributed by atoms with van der Waals surface area (Å²) in [7, 11) is 1.36. The zero-order chi connectivity index (χ0) is 9.84. The number of nitrogens with two attached hydrogens (primary N) is 1. The Morgan fingerprint density at radius 3 is 2.07 bits per heavy atom. The van der Waals surface area contributed by atoms with Crippen molar-refractivity contribution < 1.29 is 9.53 Å². The maximum atomic E-state index is 11.0. The molecule has 0 aromatic heterocycles. The molecule has 0 saturated carbocycles. The van der Waals surface area contributed by atoms with Crippen molar-refractivity contribution in [1.29, 1.82) is 5.41 Å². The molecule has 0 spiro atoms. The molecule has 0 atom stereocenters. The minimum atomic E-state index is -0.316. The number of guanidine groups is 1. The van der Waals surface area contributed by atoms with E-state index in [1.165, 1.54) is 7.11 Å². The van der Waals surface area contributed by atoms with Crippen LogP contribution in [0.2, 0.25) is 0 Å². The van der Waals surface area contributed by atoms with E-state index in [-0.39, 0.29) is 24.5 Å². The first kappa shape index (κ1) is 12.8. The molecule has 0 aromatic rings. The number of carbonyl (C=O) groups is 1. The van der Waals surface area contributed by atoms with Gasteiger partial charge in [-0.25, -0.2) is 4.79 Å². The summed E-state index contributed by atoms with van der Waals surface area (Å²) in [6.45, 7) is 2.33. The van der Waals surface area contributed by atoms with E-state index in [1.807, 2.05) is 0 Å². The number of nitrogens with zero attached hydrogens (tertiary/aromatic N) is 2. The Balaban J connectivity index is 0.00000169. The van der Waals surface area contributed by atoms with Gasteiger partial charge in [-0.1, -0.05) is 0 Å². The Bertz CT molecular complexity index is 216. The van der Waals surface area contributed by atoms with Crippen molar-refractivity contribution in [2.75, 3.05) is 33.3 Å². The molecule has 1 saturated heterocycles. The van der Waals surface area contributed by atoms with Crippen LogP contribution in [-0.2, 0) is 4.74 Å². The van der Waals surface area contributed by atoms with Crippen LogP contribution in [0.25, 0.3) is 0 Å². The van der Waals surface area contributed by atoms with Gasteiger partial charge in [0, 0.05) is 26.2 Å². The molecule has 14 heavy (non-hydrogen) atoms. The fraction of sp³-hybridized carbons (Fsp3) is 0.714. The van der Waals surface area contributed by atoms with Crippen LogP contribution in [0, 0.1) is 5.41 Å². The highest BCUT2D eigenvalue weighted by Gasteiger charge is 2.21. The highest BCUT2D eigenvalue weighted by Crippen LogP contribution is 2.01. The largest absolute Gasteiger partial charge is 0.453 e. The van der Waals surface area contributed by atoms with Gasteiger partial charge in [-0.3, -0.25) is 5.41 Å². The predicted molar refractivity (Wildman–Crippen MR) is 54.7 cm³/mol. The van der Waals surface area contributed by atoms with Gasteiger partial charge in [0.2, 0.25) is 0 Å². The highest BCUT2D eigenvalue weighted by atomic mass is 35.5. The Morgan fingerprint density at radius 1 is 1.29 bits per heavy atom. The standard InChI is InChI=1S/C7H14N4O2.ClH/c1-13-7(12)11-4-2-10(3-5-11)6(8)9;/h2-5H2,1H3,(H3,8,9);1H. The molecule has 1 amide bonds. The zero-order valence-electron chi connectivity index (χ0n) is 8.02. The normalized spacial score (nSPS) is 15.8. The first-order valence-electron chi connectivity index (χ1n) is 4.07. The lowest BCUT2D eigenvalue weighted by molar-refractivity contribution is 0.106. The summed E-state index contributed by atoms with van der Waals surface area (Å²) < 4.78 is 4.57. The third-order valence-electron chi connectivity index (χ3n) is 2.05. The quantitative estimate of drug-likeness (QED) is 0.435. The van der Waals surface area contributed by atoms with Gasteiger partial charge in [0.15, 0.2) is 5.96 Å². The van der Waals surface area contributed by atoms with E-state index in [1.54, 1.807) is 9.80 Å². The van der Waals surface area contributed by atoms with E-state index < -0.39 is 0 Å². The first-order chi connectivity index (χ1) is 6.15. The number of amides is 1. The molecular weight excluding hydrogens is 208 g/mol. The number of piperazine rings is 1. The topological polar surface area (TPSA) is 82.7 Å². The summed E-state index contributed by atoms with van der Waals surface area (Å²) in [6.07, 6.45) is -0.316. The van der Waals surface area contributed by atoms with Crippen LogP contribution in [0.15, 0.2) is 0 Å². The lowest BCUT2D eigenvalue weighted by Crippen LogP contribution is -2.52. The monoisotopic (exact) mass is 222 g/mol. The highest BCUT2D eigenvalue weighted by molar-refractivity contribution is 5.85. The molecule has 1 aliphatic heterocycles. The number of halogens is 1. The lowest BCUT2D eigenvalue weighted by Gasteiger charge is -2.33. The average molecular weight is 223 g/mol. The van der Waals surface area contributed by atoms with Gasteiger partial charge in [-0.05, 0) is 0 Å². The maximum absolute atomic E-state index is 11.0. The SMILES string of the molecule is COC(=O)N1CCN(C(=N)N)CC1.Cl. The minimum Gasteiger partial charge on any atom is -0.453 e. The number of hydrogen-bond donors (Lipinski definition) is 2. The third-order valence-corrected chi connectivity index (χ3v) is 2.05. The molecule has 1 heterocycles. The van der Waals surface area contributed by atoms with Crippen LogP contribution in [-0.4, -0.2) is 55.1 Å². The van der Waals surface area contributed by atoms with Crippen LogP contribution in [0.3, 0.4) is 0 Å². The van der Waals surface area contributed by atoms with Crippen molar-refractivity contribution in [2.24, 2.45) is 5.73 Å². The summed E-state index contributed by atoms with van der Waals surface area (Å²) in [5.41, 5.74) is 5.30. The lowest BCUT2D eigenvalue weighted by atomic mass is 10.3. The van der Waals surface area contributed by atoms with Gasteiger partial charge in [0.1, 0.15) is 0 Å². The van der Waals surface area contributed by atoms with Gasteiger partial charge in [0.25, 0.3) is 0 Å². The fourth-order valence-corrected chi connectivity index (χ4v) is 1.26. The first-order valence-corrected chi connectivity index (χ1v) is 4.07. The minimum absolute atomic E-state index is 0. The second-order valence-electron chi connectivity index (χ2n) is 2.83. The van der Waals surface area contributed by atoms with E-state index in [9.17, 15) is 4.79 Å². The molecule has 0 unspecified atom stereocenters. The molecule has 82 valence electrons. The van der Waals surface area contributed by atoms with Gasteiger partial charge in [-0.2, -0.15) is 0 Å². The van der Waals surface area contributed by atoms with E-state index >= 15 is 0 Å². The number of rotatable bonds is 0. The van der Waals surface area contributed by atoms with Gasteiger partial charge in [0.05, 0.1) is 7.11 Å². The molecule has 0 aliphatic carbocycles. The average Bonchev–Trinajstić information content (AvgIpc) is 2.17. The molecule has 0 radical (unpaired) electrons. The summed E-state index contributed by atoms with van der Waals surface area (Å²) in [5, 5.41) is 7.18. The summed E-state index contributed by atoms with van der Waals surface area (Å²) in [6, 6.07) is 0. The summed E-state index contributed by atoms with van der Waals surface area (Å²) >= 11 is 0. The van der Waals surface area contributed by atoms with Crippen LogP contribution >= 0.6 is 12.4 Å². The van der Waals surface area contributed by atoms with Crippen molar-refractivity contribution in [1.82, 2.24) is 9.80 Å². The maximum Gasteiger partial charge on any atom is 0.409 e. The molecule has 0 bridgehead atoms. The van der Waals surface area contributed by atoms with Crippen molar-refractivity contribution >= 4 is 24.5 Å². The number of carbonyl (C=O) groups excluding carboxylic acids is 1. The Kier molecular flexibility index (Phi) is 5.07. The van der Waals surface area contributed by atoms with Crippen LogP contribution in [0.1, 0.15) is 0 Å².